The Balaban J connectivity index is 2.18. The highest BCUT2D eigenvalue weighted by molar-refractivity contribution is 6.38. The third kappa shape index (κ3) is 2.56. The first-order valence-corrected chi connectivity index (χ1v) is 6.39. The zero-order valence-corrected chi connectivity index (χ0v) is 11.6. The smallest absolute Gasteiger partial charge is 0.416 e. The molecule has 0 radical (unpaired) electrons. The number of alkyl halides is 3. The number of fused-ring (bicyclic) bond motifs is 1. The van der Waals surface area contributed by atoms with Gasteiger partial charge in [-0.05, 0) is 18.2 Å². The molecule has 2 heterocycles. The zero-order chi connectivity index (χ0) is 15.2. The third-order valence-electron chi connectivity index (χ3n) is 2.78. The van der Waals surface area contributed by atoms with Crippen molar-refractivity contribution in [2.24, 2.45) is 0 Å². The SMILES string of the molecule is FC(F)(F)c1ccc2oc(-c3c(Cl)cncc3Cl)nc2c1. The molecule has 0 aliphatic heterocycles. The fourth-order valence-electron chi connectivity index (χ4n) is 1.83. The van der Waals surface area contributed by atoms with Gasteiger partial charge in [-0.3, -0.25) is 4.98 Å². The van der Waals surface area contributed by atoms with Crippen LogP contribution in [0, 0.1) is 0 Å². The van der Waals surface area contributed by atoms with Crippen LogP contribution in [0.5, 0.6) is 0 Å². The van der Waals surface area contributed by atoms with Crippen molar-refractivity contribution in [3.63, 3.8) is 0 Å². The van der Waals surface area contributed by atoms with Gasteiger partial charge in [0.05, 0.1) is 21.2 Å². The number of aromatic nitrogens is 2. The molecule has 8 heteroatoms. The number of hydrogen-bond acceptors (Lipinski definition) is 3. The zero-order valence-electron chi connectivity index (χ0n) is 10.1. The van der Waals surface area contributed by atoms with Gasteiger partial charge in [-0.25, -0.2) is 4.98 Å². The number of nitrogens with zero attached hydrogens (tertiary/aromatic N) is 2. The number of hydrogen-bond donors (Lipinski definition) is 0. The van der Waals surface area contributed by atoms with Crippen LogP contribution in [0.15, 0.2) is 35.0 Å². The molecule has 3 aromatic rings. The molecule has 3 rings (SSSR count). The fourth-order valence-corrected chi connectivity index (χ4v) is 2.35. The summed E-state index contributed by atoms with van der Waals surface area (Å²) in [5.41, 5.74) is -0.231. The Morgan fingerprint density at radius 3 is 2.33 bits per heavy atom. The average molecular weight is 333 g/mol. The van der Waals surface area contributed by atoms with Crippen molar-refractivity contribution in [1.29, 1.82) is 0 Å². The van der Waals surface area contributed by atoms with Crippen LogP contribution >= 0.6 is 23.2 Å². The average Bonchev–Trinajstić information content (AvgIpc) is 2.79. The normalized spacial score (nSPS) is 12.0. The van der Waals surface area contributed by atoms with Crippen molar-refractivity contribution in [2.75, 3.05) is 0 Å². The van der Waals surface area contributed by atoms with E-state index in [0.29, 0.717) is 0 Å². The molecule has 0 aliphatic rings. The van der Waals surface area contributed by atoms with Gasteiger partial charge < -0.3 is 4.42 Å². The molecule has 0 saturated carbocycles. The summed E-state index contributed by atoms with van der Waals surface area (Å²) in [4.78, 5) is 7.80. The van der Waals surface area contributed by atoms with Crippen molar-refractivity contribution >= 4 is 34.3 Å². The minimum Gasteiger partial charge on any atom is -0.436 e. The molecule has 0 fully saturated rings. The molecule has 3 nitrogen and oxygen atoms in total. The standard InChI is InChI=1S/C13H5Cl2F3N2O/c14-7-4-19-5-8(15)11(7)12-20-9-3-6(13(16,17)18)1-2-10(9)21-12/h1-5H. The maximum absolute atomic E-state index is 12.7. The van der Waals surface area contributed by atoms with Crippen LogP contribution < -0.4 is 0 Å². The fraction of sp³-hybridized carbons (Fsp3) is 0.0769. The molecular weight excluding hydrogens is 328 g/mol. The summed E-state index contributed by atoms with van der Waals surface area (Å²) >= 11 is 11.9. The molecular formula is C13H5Cl2F3N2O. The largest absolute Gasteiger partial charge is 0.436 e. The molecule has 0 bridgehead atoms. The lowest BCUT2D eigenvalue weighted by Crippen LogP contribution is -2.03. The highest BCUT2D eigenvalue weighted by atomic mass is 35.5. The summed E-state index contributed by atoms with van der Waals surface area (Å²) in [6, 6.07) is 3.04. The summed E-state index contributed by atoms with van der Waals surface area (Å²) in [6.07, 6.45) is -1.75. The van der Waals surface area contributed by atoms with Gasteiger partial charge in [0.1, 0.15) is 5.52 Å². The Kier molecular flexibility index (Phi) is 3.30. The van der Waals surface area contributed by atoms with E-state index in [-0.39, 0.29) is 32.6 Å². The second-order valence-corrected chi connectivity index (χ2v) is 4.99. The van der Waals surface area contributed by atoms with E-state index in [1.165, 1.54) is 18.5 Å². The first kappa shape index (κ1) is 14.2. The van der Waals surface area contributed by atoms with E-state index in [2.05, 4.69) is 9.97 Å². The van der Waals surface area contributed by atoms with Crippen LogP contribution in [0.4, 0.5) is 13.2 Å². The quantitative estimate of drug-likeness (QED) is 0.613. The van der Waals surface area contributed by atoms with Crippen LogP contribution in [-0.4, -0.2) is 9.97 Å². The number of pyridine rings is 1. The van der Waals surface area contributed by atoms with Crippen molar-refractivity contribution in [3.8, 4) is 11.5 Å². The van der Waals surface area contributed by atoms with Gasteiger partial charge in [-0.15, -0.1) is 0 Å². The van der Waals surface area contributed by atoms with Crippen molar-refractivity contribution in [3.05, 3.63) is 46.2 Å². The molecule has 0 saturated heterocycles. The molecule has 0 unspecified atom stereocenters. The molecule has 2 aromatic heterocycles. The van der Waals surface area contributed by atoms with Crippen molar-refractivity contribution in [1.82, 2.24) is 9.97 Å². The number of rotatable bonds is 1. The Morgan fingerprint density at radius 2 is 1.71 bits per heavy atom. The van der Waals surface area contributed by atoms with Crippen LogP contribution in [-0.2, 0) is 6.18 Å². The van der Waals surface area contributed by atoms with Crippen LogP contribution in [0.1, 0.15) is 5.56 Å². The second-order valence-electron chi connectivity index (χ2n) is 4.18. The molecule has 0 aliphatic carbocycles. The summed E-state index contributed by atoms with van der Waals surface area (Å²) in [7, 11) is 0. The van der Waals surface area contributed by atoms with E-state index in [4.69, 9.17) is 27.6 Å². The topological polar surface area (TPSA) is 38.9 Å². The first-order valence-electron chi connectivity index (χ1n) is 5.63. The lowest BCUT2D eigenvalue weighted by atomic mass is 10.2. The second kappa shape index (κ2) is 4.89. The van der Waals surface area contributed by atoms with E-state index >= 15 is 0 Å². The maximum atomic E-state index is 12.7. The number of halogens is 5. The first-order chi connectivity index (χ1) is 9.86. The summed E-state index contributed by atoms with van der Waals surface area (Å²) in [5, 5.41) is 0.398. The summed E-state index contributed by atoms with van der Waals surface area (Å²) in [6.45, 7) is 0. The van der Waals surface area contributed by atoms with Crippen molar-refractivity contribution in [2.45, 2.75) is 6.18 Å². The van der Waals surface area contributed by atoms with Gasteiger partial charge in [-0.1, -0.05) is 23.2 Å². The lowest BCUT2D eigenvalue weighted by molar-refractivity contribution is -0.137. The van der Waals surface area contributed by atoms with E-state index in [1.54, 1.807) is 0 Å². The van der Waals surface area contributed by atoms with E-state index in [1.807, 2.05) is 0 Å². The molecule has 0 amide bonds. The lowest BCUT2D eigenvalue weighted by Gasteiger charge is -2.04. The van der Waals surface area contributed by atoms with Gasteiger partial charge in [0.15, 0.2) is 5.58 Å². The molecule has 1 aromatic carbocycles. The van der Waals surface area contributed by atoms with E-state index in [9.17, 15) is 13.2 Å². The van der Waals surface area contributed by atoms with Crippen molar-refractivity contribution < 1.29 is 17.6 Å². The molecule has 21 heavy (non-hydrogen) atoms. The van der Waals surface area contributed by atoms with E-state index in [0.717, 1.165) is 12.1 Å². The third-order valence-corrected chi connectivity index (χ3v) is 3.36. The highest BCUT2D eigenvalue weighted by Crippen LogP contribution is 2.36. The minimum absolute atomic E-state index is 0.0433. The van der Waals surface area contributed by atoms with Crippen LogP contribution in [0.25, 0.3) is 22.6 Å². The molecule has 0 atom stereocenters. The Labute approximate surface area is 126 Å². The van der Waals surface area contributed by atoms with Gasteiger partial charge >= 0.3 is 6.18 Å². The monoisotopic (exact) mass is 332 g/mol. The Hall–Kier alpha value is -1.79. The van der Waals surface area contributed by atoms with E-state index < -0.39 is 11.7 Å². The number of oxazole rings is 1. The van der Waals surface area contributed by atoms with Crippen LogP contribution in [0.2, 0.25) is 10.0 Å². The minimum atomic E-state index is -4.45. The highest BCUT2D eigenvalue weighted by Gasteiger charge is 2.31. The summed E-state index contributed by atoms with van der Waals surface area (Å²) < 4.78 is 43.4. The Morgan fingerprint density at radius 1 is 1.05 bits per heavy atom. The van der Waals surface area contributed by atoms with Gasteiger partial charge in [0, 0.05) is 12.4 Å². The predicted octanol–water partition coefficient (Wildman–Crippen LogP) is 5.22. The van der Waals surface area contributed by atoms with Crippen LogP contribution in [0.3, 0.4) is 0 Å². The maximum Gasteiger partial charge on any atom is 0.416 e. The number of benzene rings is 1. The van der Waals surface area contributed by atoms with Gasteiger partial charge in [0.2, 0.25) is 5.89 Å². The predicted molar refractivity (Wildman–Crippen MR) is 72.3 cm³/mol. The summed E-state index contributed by atoms with van der Waals surface area (Å²) in [5.74, 6) is 0.0433. The molecule has 0 spiro atoms. The Bertz CT molecular complexity index is 810. The molecule has 108 valence electrons. The van der Waals surface area contributed by atoms with Gasteiger partial charge in [-0.2, -0.15) is 13.2 Å². The molecule has 0 N–H and O–H groups in total. The van der Waals surface area contributed by atoms with Gasteiger partial charge in [0.25, 0.3) is 0 Å².